The molecule has 1 amide bonds. The molecule has 0 fully saturated rings. The van der Waals surface area contributed by atoms with E-state index in [4.69, 9.17) is 9.47 Å². The van der Waals surface area contributed by atoms with Gasteiger partial charge in [0, 0.05) is 37.5 Å². The molecular weight excluding hydrogens is 318 g/mol. The Morgan fingerprint density at radius 1 is 1.44 bits per heavy atom. The number of benzene rings is 1. The van der Waals surface area contributed by atoms with Crippen LogP contribution in [0.3, 0.4) is 0 Å². The molecule has 1 aromatic carbocycles. The first kappa shape index (κ1) is 17.3. The third-order valence-electron chi connectivity index (χ3n) is 4.61. The van der Waals surface area contributed by atoms with Crippen molar-refractivity contribution in [3.05, 3.63) is 41.7 Å². The predicted octanol–water partition coefficient (Wildman–Crippen LogP) is 2.51. The van der Waals surface area contributed by atoms with Gasteiger partial charge in [-0.1, -0.05) is 6.07 Å². The fraction of sp³-hybridized carbons (Fsp3) is 0.474. The van der Waals surface area contributed by atoms with Gasteiger partial charge in [-0.05, 0) is 31.9 Å². The van der Waals surface area contributed by atoms with Gasteiger partial charge in [0.15, 0.2) is 0 Å². The first-order chi connectivity index (χ1) is 12.1. The maximum absolute atomic E-state index is 12.9. The standard InChI is InChI=1S/C19H25N3O3/c1-4-21(11-14-10-20-22(5-2)12-14)19(23)16-8-15-6-7-17(24-3)9-18(15)25-13-16/h6-7,9-10,12,16H,4-5,8,11,13H2,1-3H3. The van der Waals surface area contributed by atoms with Crippen molar-refractivity contribution in [2.24, 2.45) is 5.92 Å². The van der Waals surface area contributed by atoms with Gasteiger partial charge < -0.3 is 14.4 Å². The number of rotatable bonds is 6. The normalized spacial score (nSPS) is 16.0. The van der Waals surface area contributed by atoms with Crippen LogP contribution in [0.25, 0.3) is 0 Å². The molecular formula is C19H25N3O3. The number of hydrogen-bond donors (Lipinski definition) is 0. The molecule has 0 bridgehead atoms. The van der Waals surface area contributed by atoms with E-state index in [1.807, 2.05) is 54.0 Å². The largest absolute Gasteiger partial charge is 0.497 e. The average molecular weight is 343 g/mol. The topological polar surface area (TPSA) is 56.6 Å². The van der Waals surface area contributed by atoms with Gasteiger partial charge in [0.2, 0.25) is 5.91 Å². The number of aromatic nitrogens is 2. The first-order valence-electron chi connectivity index (χ1n) is 8.74. The van der Waals surface area contributed by atoms with Gasteiger partial charge in [0.05, 0.1) is 19.2 Å². The second-order valence-electron chi connectivity index (χ2n) is 6.24. The number of ether oxygens (including phenoxy) is 2. The number of hydrogen-bond acceptors (Lipinski definition) is 4. The summed E-state index contributed by atoms with van der Waals surface area (Å²) in [7, 11) is 1.64. The van der Waals surface area contributed by atoms with Crippen LogP contribution in [0.1, 0.15) is 25.0 Å². The molecule has 1 aliphatic rings. The number of carbonyl (C=O) groups is 1. The second kappa shape index (κ2) is 7.59. The molecule has 0 saturated carbocycles. The smallest absolute Gasteiger partial charge is 0.229 e. The lowest BCUT2D eigenvalue weighted by molar-refractivity contribution is -0.137. The number of amides is 1. The summed E-state index contributed by atoms with van der Waals surface area (Å²) in [5, 5.41) is 4.28. The van der Waals surface area contributed by atoms with Crippen molar-refractivity contribution >= 4 is 5.91 Å². The zero-order chi connectivity index (χ0) is 17.8. The van der Waals surface area contributed by atoms with Crippen LogP contribution in [-0.2, 0) is 24.3 Å². The molecule has 1 unspecified atom stereocenters. The Kier molecular flexibility index (Phi) is 5.26. The van der Waals surface area contributed by atoms with Crippen molar-refractivity contribution in [2.45, 2.75) is 33.4 Å². The van der Waals surface area contributed by atoms with Gasteiger partial charge in [0.25, 0.3) is 0 Å². The summed E-state index contributed by atoms with van der Waals surface area (Å²) in [5.41, 5.74) is 2.11. The summed E-state index contributed by atoms with van der Waals surface area (Å²) in [4.78, 5) is 14.8. The van der Waals surface area contributed by atoms with Crippen LogP contribution < -0.4 is 9.47 Å². The van der Waals surface area contributed by atoms with Crippen molar-refractivity contribution in [2.75, 3.05) is 20.3 Å². The zero-order valence-electron chi connectivity index (χ0n) is 15.1. The molecule has 2 heterocycles. The molecule has 0 aliphatic carbocycles. The highest BCUT2D eigenvalue weighted by molar-refractivity contribution is 5.79. The minimum Gasteiger partial charge on any atom is -0.497 e. The summed E-state index contributed by atoms with van der Waals surface area (Å²) in [6, 6.07) is 5.77. The summed E-state index contributed by atoms with van der Waals surface area (Å²) >= 11 is 0. The zero-order valence-corrected chi connectivity index (χ0v) is 15.1. The highest BCUT2D eigenvalue weighted by Crippen LogP contribution is 2.31. The number of fused-ring (bicyclic) bond motifs is 1. The highest BCUT2D eigenvalue weighted by Gasteiger charge is 2.29. The van der Waals surface area contributed by atoms with Crippen LogP contribution >= 0.6 is 0 Å². The van der Waals surface area contributed by atoms with E-state index >= 15 is 0 Å². The SMILES string of the molecule is CCN(Cc1cnn(CC)c1)C(=O)C1COc2cc(OC)ccc2C1. The average Bonchev–Trinajstić information content (AvgIpc) is 3.12. The Balaban J connectivity index is 1.68. The lowest BCUT2D eigenvalue weighted by Gasteiger charge is -2.29. The van der Waals surface area contributed by atoms with Gasteiger partial charge in [-0.25, -0.2) is 0 Å². The molecule has 0 radical (unpaired) electrons. The van der Waals surface area contributed by atoms with Crippen LogP contribution in [0.4, 0.5) is 0 Å². The number of carbonyl (C=O) groups excluding carboxylic acids is 1. The first-order valence-corrected chi connectivity index (χ1v) is 8.74. The molecule has 6 heteroatoms. The fourth-order valence-corrected chi connectivity index (χ4v) is 3.12. The van der Waals surface area contributed by atoms with Gasteiger partial charge in [-0.3, -0.25) is 9.48 Å². The molecule has 6 nitrogen and oxygen atoms in total. The summed E-state index contributed by atoms with van der Waals surface area (Å²) in [6.45, 7) is 6.54. The van der Waals surface area contributed by atoms with Crippen LogP contribution in [0, 0.1) is 5.92 Å². The minimum atomic E-state index is -0.151. The van der Waals surface area contributed by atoms with Crippen LogP contribution in [-0.4, -0.2) is 40.8 Å². The lowest BCUT2D eigenvalue weighted by Crippen LogP contribution is -2.40. The molecule has 0 saturated heterocycles. The Labute approximate surface area is 148 Å². The van der Waals surface area contributed by atoms with E-state index in [0.717, 1.165) is 29.2 Å². The molecule has 1 aromatic heterocycles. The van der Waals surface area contributed by atoms with E-state index in [-0.39, 0.29) is 11.8 Å². The van der Waals surface area contributed by atoms with Gasteiger partial charge >= 0.3 is 0 Å². The molecule has 2 aromatic rings. The fourth-order valence-electron chi connectivity index (χ4n) is 3.12. The molecule has 0 spiro atoms. The maximum Gasteiger partial charge on any atom is 0.229 e. The number of nitrogens with zero attached hydrogens (tertiary/aromatic N) is 3. The van der Waals surface area contributed by atoms with E-state index in [9.17, 15) is 4.79 Å². The predicted molar refractivity (Wildman–Crippen MR) is 94.7 cm³/mol. The van der Waals surface area contributed by atoms with Crippen LogP contribution in [0.2, 0.25) is 0 Å². The van der Waals surface area contributed by atoms with E-state index in [2.05, 4.69) is 5.10 Å². The second-order valence-corrected chi connectivity index (χ2v) is 6.24. The van der Waals surface area contributed by atoms with Crippen LogP contribution in [0.5, 0.6) is 11.5 Å². The van der Waals surface area contributed by atoms with E-state index in [0.29, 0.717) is 26.1 Å². The summed E-state index contributed by atoms with van der Waals surface area (Å²) in [5.74, 6) is 1.57. The lowest BCUT2D eigenvalue weighted by atomic mass is 9.95. The third kappa shape index (κ3) is 3.78. The van der Waals surface area contributed by atoms with Crippen LogP contribution in [0.15, 0.2) is 30.6 Å². The van der Waals surface area contributed by atoms with Gasteiger partial charge in [0.1, 0.15) is 18.1 Å². The number of aryl methyl sites for hydroxylation is 1. The molecule has 3 rings (SSSR count). The summed E-state index contributed by atoms with van der Waals surface area (Å²) < 4.78 is 12.9. The Bertz CT molecular complexity index is 741. The molecule has 1 aliphatic heterocycles. The summed E-state index contributed by atoms with van der Waals surface area (Å²) in [6.07, 6.45) is 4.52. The number of methoxy groups -OCH3 is 1. The quantitative estimate of drug-likeness (QED) is 0.809. The molecule has 134 valence electrons. The highest BCUT2D eigenvalue weighted by atomic mass is 16.5. The van der Waals surface area contributed by atoms with E-state index < -0.39 is 0 Å². The van der Waals surface area contributed by atoms with E-state index in [1.54, 1.807) is 7.11 Å². The Hall–Kier alpha value is -2.50. The Morgan fingerprint density at radius 2 is 2.28 bits per heavy atom. The van der Waals surface area contributed by atoms with Crippen molar-refractivity contribution in [3.8, 4) is 11.5 Å². The maximum atomic E-state index is 12.9. The van der Waals surface area contributed by atoms with Gasteiger partial charge in [-0.2, -0.15) is 5.10 Å². The molecule has 1 atom stereocenters. The van der Waals surface area contributed by atoms with Crippen molar-refractivity contribution in [1.29, 1.82) is 0 Å². The van der Waals surface area contributed by atoms with Crippen molar-refractivity contribution in [3.63, 3.8) is 0 Å². The van der Waals surface area contributed by atoms with Crippen molar-refractivity contribution in [1.82, 2.24) is 14.7 Å². The molecule has 0 N–H and O–H groups in total. The monoisotopic (exact) mass is 343 g/mol. The third-order valence-corrected chi connectivity index (χ3v) is 4.61. The Morgan fingerprint density at radius 3 is 2.96 bits per heavy atom. The minimum absolute atomic E-state index is 0.133. The van der Waals surface area contributed by atoms with Crippen molar-refractivity contribution < 1.29 is 14.3 Å². The van der Waals surface area contributed by atoms with E-state index in [1.165, 1.54) is 0 Å². The van der Waals surface area contributed by atoms with Gasteiger partial charge in [-0.15, -0.1) is 0 Å². The molecule has 25 heavy (non-hydrogen) atoms.